The van der Waals surface area contributed by atoms with Gasteiger partial charge in [-0.3, -0.25) is 4.79 Å². The molecule has 3 saturated heterocycles. The monoisotopic (exact) mass is 265 g/mol. The highest BCUT2D eigenvalue weighted by Crippen LogP contribution is 2.30. The van der Waals surface area contributed by atoms with E-state index in [1.807, 2.05) is 0 Å². The lowest BCUT2D eigenvalue weighted by molar-refractivity contribution is -0.129. The molecular formula is C15H27N3O. The van der Waals surface area contributed by atoms with Crippen LogP contribution in [0.15, 0.2) is 0 Å². The molecule has 19 heavy (non-hydrogen) atoms. The maximum Gasteiger partial charge on any atom is 0.224 e. The topological polar surface area (TPSA) is 58.4 Å². The fourth-order valence-electron chi connectivity index (χ4n) is 4.12. The number of piperidine rings is 3. The third kappa shape index (κ3) is 2.79. The van der Waals surface area contributed by atoms with Crippen LogP contribution in [0, 0.1) is 17.8 Å². The van der Waals surface area contributed by atoms with Gasteiger partial charge in [0, 0.05) is 18.6 Å². The molecule has 4 atom stereocenters. The van der Waals surface area contributed by atoms with Crippen molar-refractivity contribution < 1.29 is 4.79 Å². The van der Waals surface area contributed by atoms with Crippen LogP contribution >= 0.6 is 0 Å². The van der Waals surface area contributed by atoms with Gasteiger partial charge in [-0.1, -0.05) is 6.92 Å². The maximum absolute atomic E-state index is 12.5. The molecule has 0 aromatic rings. The van der Waals surface area contributed by atoms with Gasteiger partial charge in [0.25, 0.3) is 0 Å². The summed E-state index contributed by atoms with van der Waals surface area (Å²) in [5.74, 6) is 1.60. The second kappa shape index (κ2) is 5.41. The Labute approximate surface area is 116 Å². The van der Waals surface area contributed by atoms with Gasteiger partial charge in [-0.25, -0.2) is 0 Å². The number of nitrogens with two attached hydrogens (primary N) is 1. The van der Waals surface area contributed by atoms with Crippen molar-refractivity contribution in [1.29, 1.82) is 0 Å². The van der Waals surface area contributed by atoms with E-state index in [1.54, 1.807) is 0 Å². The predicted molar refractivity (Wildman–Crippen MR) is 75.6 cm³/mol. The number of carbonyl (C=O) groups is 1. The third-order valence-corrected chi connectivity index (χ3v) is 5.49. The molecule has 0 spiro atoms. The first-order valence-electron chi connectivity index (χ1n) is 7.92. The molecule has 1 aliphatic carbocycles. The summed E-state index contributed by atoms with van der Waals surface area (Å²) in [5, 5.41) is 3.31. The van der Waals surface area contributed by atoms with Crippen molar-refractivity contribution in [2.24, 2.45) is 23.5 Å². The number of carbonyl (C=O) groups excluding carboxylic acids is 1. The summed E-state index contributed by atoms with van der Waals surface area (Å²) >= 11 is 0. The molecule has 3 aliphatic heterocycles. The Morgan fingerprint density at radius 1 is 1.21 bits per heavy atom. The summed E-state index contributed by atoms with van der Waals surface area (Å²) < 4.78 is 0. The van der Waals surface area contributed by atoms with Crippen molar-refractivity contribution in [3.8, 4) is 0 Å². The van der Waals surface area contributed by atoms with Crippen LogP contribution in [0.25, 0.3) is 0 Å². The van der Waals surface area contributed by atoms with Crippen LogP contribution in [0.4, 0.5) is 0 Å². The molecule has 4 nitrogen and oxygen atoms in total. The second-order valence-electron chi connectivity index (χ2n) is 6.94. The molecule has 4 rings (SSSR count). The number of fused-ring (bicyclic) bond motifs is 3. The van der Waals surface area contributed by atoms with E-state index in [0.29, 0.717) is 17.9 Å². The summed E-state index contributed by atoms with van der Waals surface area (Å²) in [6.45, 7) is 5.72. The minimum Gasteiger partial charge on any atom is -0.352 e. The standard InChI is InChI=1S/C15H27N3O/c1-10-2-3-13(16)12(8-10)15(19)17-14-9-18-6-4-11(14)5-7-18/h10-14H,2-9,16H2,1H3,(H,17,19). The first-order valence-corrected chi connectivity index (χ1v) is 7.92. The van der Waals surface area contributed by atoms with E-state index in [2.05, 4.69) is 17.1 Å². The van der Waals surface area contributed by atoms with Gasteiger partial charge in [0.1, 0.15) is 0 Å². The van der Waals surface area contributed by atoms with E-state index < -0.39 is 0 Å². The van der Waals surface area contributed by atoms with E-state index >= 15 is 0 Å². The molecule has 2 bridgehead atoms. The number of nitrogens with zero attached hydrogens (tertiary/aromatic N) is 1. The number of nitrogens with one attached hydrogen (secondary N) is 1. The zero-order valence-corrected chi connectivity index (χ0v) is 12.0. The summed E-state index contributed by atoms with van der Waals surface area (Å²) in [4.78, 5) is 15.0. The Morgan fingerprint density at radius 2 is 1.95 bits per heavy atom. The zero-order valence-electron chi connectivity index (χ0n) is 12.0. The van der Waals surface area contributed by atoms with Crippen LogP contribution in [-0.2, 0) is 4.79 Å². The Morgan fingerprint density at radius 3 is 2.58 bits per heavy atom. The Bertz CT molecular complexity index is 338. The van der Waals surface area contributed by atoms with Crippen molar-refractivity contribution in [3.05, 3.63) is 0 Å². The van der Waals surface area contributed by atoms with Crippen LogP contribution in [0.5, 0.6) is 0 Å². The van der Waals surface area contributed by atoms with Gasteiger partial charge in [0.05, 0.1) is 5.92 Å². The highest BCUT2D eigenvalue weighted by Gasteiger charge is 2.38. The summed E-state index contributed by atoms with van der Waals surface area (Å²) in [5.41, 5.74) is 6.15. The van der Waals surface area contributed by atoms with Gasteiger partial charge in [-0.15, -0.1) is 0 Å². The van der Waals surface area contributed by atoms with Crippen molar-refractivity contribution in [2.75, 3.05) is 19.6 Å². The van der Waals surface area contributed by atoms with Gasteiger partial charge in [-0.2, -0.15) is 0 Å². The van der Waals surface area contributed by atoms with Crippen LogP contribution in [-0.4, -0.2) is 42.5 Å². The smallest absolute Gasteiger partial charge is 0.224 e. The van der Waals surface area contributed by atoms with Crippen LogP contribution in [0.2, 0.25) is 0 Å². The highest BCUT2D eigenvalue weighted by atomic mass is 16.2. The number of hydrogen-bond donors (Lipinski definition) is 2. The molecule has 1 amide bonds. The van der Waals surface area contributed by atoms with E-state index in [4.69, 9.17) is 5.73 Å². The van der Waals surface area contributed by atoms with Crippen molar-refractivity contribution in [2.45, 2.75) is 51.1 Å². The average molecular weight is 265 g/mol. The SMILES string of the molecule is CC1CCC(N)C(C(=O)NC2CN3CCC2CC3)C1. The number of amides is 1. The van der Waals surface area contributed by atoms with Gasteiger partial charge in [0.15, 0.2) is 0 Å². The summed E-state index contributed by atoms with van der Waals surface area (Å²) in [7, 11) is 0. The third-order valence-electron chi connectivity index (χ3n) is 5.49. The van der Waals surface area contributed by atoms with E-state index in [1.165, 1.54) is 32.4 Å². The van der Waals surface area contributed by atoms with Crippen LogP contribution in [0.1, 0.15) is 39.0 Å². The molecular weight excluding hydrogens is 238 g/mol. The summed E-state index contributed by atoms with van der Waals surface area (Å²) in [6.07, 6.45) is 5.63. The number of hydrogen-bond acceptors (Lipinski definition) is 3. The molecule has 0 radical (unpaired) electrons. The molecule has 3 N–H and O–H groups in total. The predicted octanol–water partition coefficient (Wildman–Crippen LogP) is 0.960. The Balaban J connectivity index is 1.58. The fraction of sp³-hybridized carbons (Fsp3) is 0.933. The van der Waals surface area contributed by atoms with Gasteiger partial charge in [-0.05, 0) is 57.0 Å². The van der Waals surface area contributed by atoms with E-state index in [9.17, 15) is 4.79 Å². The summed E-state index contributed by atoms with van der Waals surface area (Å²) in [6, 6.07) is 0.441. The molecule has 3 heterocycles. The fourth-order valence-corrected chi connectivity index (χ4v) is 4.12. The van der Waals surface area contributed by atoms with Gasteiger partial charge >= 0.3 is 0 Å². The largest absolute Gasteiger partial charge is 0.352 e. The first kappa shape index (κ1) is 13.4. The molecule has 108 valence electrons. The molecule has 1 saturated carbocycles. The lowest BCUT2D eigenvalue weighted by atomic mass is 9.78. The van der Waals surface area contributed by atoms with Gasteiger partial charge in [0.2, 0.25) is 5.91 Å². The van der Waals surface area contributed by atoms with Crippen molar-refractivity contribution in [3.63, 3.8) is 0 Å². The molecule has 4 unspecified atom stereocenters. The van der Waals surface area contributed by atoms with Crippen LogP contribution in [0.3, 0.4) is 0 Å². The molecule has 4 heteroatoms. The van der Waals surface area contributed by atoms with Crippen molar-refractivity contribution >= 4 is 5.91 Å². The van der Waals surface area contributed by atoms with E-state index in [0.717, 1.165) is 19.4 Å². The highest BCUT2D eigenvalue weighted by molar-refractivity contribution is 5.80. The second-order valence-corrected chi connectivity index (χ2v) is 6.94. The molecule has 0 aromatic heterocycles. The van der Waals surface area contributed by atoms with Crippen molar-refractivity contribution in [1.82, 2.24) is 10.2 Å². The zero-order chi connectivity index (χ0) is 13.4. The van der Waals surface area contributed by atoms with Crippen LogP contribution < -0.4 is 11.1 Å². The molecule has 4 aliphatic rings. The Hall–Kier alpha value is -0.610. The molecule has 4 fully saturated rings. The number of rotatable bonds is 2. The minimum atomic E-state index is 0.0409. The average Bonchev–Trinajstić information content (AvgIpc) is 2.43. The van der Waals surface area contributed by atoms with Gasteiger partial charge < -0.3 is 16.0 Å². The molecule has 0 aromatic carbocycles. The first-order chi connectivity index (χ1) is 9.13. The van der Waals surface area contributed by atoms with E-state index in [-0.39, 0.29) is 17.9 Å². The lowest BCUT2D eigenvalue weighted by Gasteiger charge is -2.45. The maximum atomic E-state index is 12.5. The minimum absolute atomic E-state index is 0.0409. The Kier molecular flexibility index (Phi) is 3.81. The lowest BCUT2D eigenvalue weighted by Crippen LogP contribution is -2.59. The quantitative estimate of drug-likeness (QED) is 0.782. The normalized spacial score (nSPS) is 46.0.